The summed E-state index contributed by atoms with van der Waals surface area (Å²) in [6, 6.07) is -0.855. The van der Waals surface area contributed by atoms with Crippen molar-refractivity contribution < 1.29 is 22.5 Å². The maximum atomic E-state index is 14.9. The molecule has 1 aromatic carbocycles. The molecule has 2 amide bonds. The molecule has 0 fully saturated rings. The summed E-state index contributed by atoms with van der Waals surface area (Å²) in [5.41, 5.74) is 2.03. The predicted molar refractivity (Wildman–Crippen MR) is 115 cm³/mol. The number of aromatic nitrogens is 2. The molecular weight excluding hydrogens is 440 g/mol. The molecule has 2 atom stereocenters. The number of benzene rings is 1. The van der Waals surface area contributed by atoms with Gasteiger partial charge in [-0.25, -0.2) is 27.2 Å². The van der Waals surface area contributed by atoms with E-state index in [2.05, 4.69) is 19.5 Å². The fourth-order valence-electron chi connectivity index (χ4n) is 4.85. The molecule has 0 radical (unpaired) electrons. The maximum Gasteiger partial charge on any atom is 0.354 e. The molecule has 2 aromatic rings. The van der Waals surface area contributed by atoms with Gasteiger partial charge in [-0.2, -0.15) is 5.10 Å². The summed E-state index contributed by atoms with van der Waals surface area (Å²) in [7, 11) is -1.96. The third-order valence-corrected chi connectivity index (χ3v) is 8.27. The van der Waals surface area contributed by atoms with Crippen LogP contribution in [0.2, 0.25) is 0 Å². The Labute approximate surface area is 185 Å². The number of ether oxygens (including phenoxy) is 1. The standard InChI is InChI=1S/C21H25F2N5O3S/c1-21(2)10-31-19-16(9-25-28(19)21)32(30,24-3)27-20(29)26-18-13-6-4-5-12(13)17(23)14-7-11(22)8-15(14)18/h9,11H,4-8,10H2,1-3H3,(H2,24,26,27,29,30)/t11-,32?/m1/s1. The Morgan fingerprint density at radius 1 is 1.28 bits per heavy atom. The minimum absolute atomic E-state index is 0.00259. The lowest BCUT2D eigenvalue weighted by Crippen LogP contribution is -2.26. The van der Waals surface area contributed by atoms with Gasteiger partial charge in [0, 0.05) is 18.5 Å². The molecule has 1 aliphatic heterocycles. The van der Waals surface area contributed by atoms with Gasteiger partial charge in [0.25, 0.3) is 0 Å². The Hall–Kier alpha value is -2.53. The first kappa shape index (κ1) is 21.3. The summed E-state index contributed by atoms with van der Waals surface area (Å²) in [6.07, 6.45) is 2.13. The molecule has 0 bridgehead atoms. The Bertz CT molecular complexity index is 1260. The number of halogens is 2. The molecule has 11 heteroatoms. The van der Waals surface area contributed by atoms with E-state index in [0.29, 0.717) is 53.3 Å². The Kier molecular flexibility index (Phi) is 4.82. The van der Waals surface area contributed by atoms with Gasteiger partial charge in [0.05, 0.1) is 11.7 Å². The summed E-state index contributed by atoms with van der Waals surface area (Å²) in [5, 5.41) is 6.97. The van der Waals surface area contributed by atoms with Crippen LogP contribution in [0.25, 0.3) is 0 Å². The first-order valence-electron chi connectivity index (χ1n) is 10.6. The zero-order chi connectivity index (χ0) is 22.8. The Balaban J connectivity index is 1.54. The number of carbonyl (C=O) groups excluding carboxylic acids is 1. The molecule has 8 nitrogen and oxygen atoms in total. The van der Waals surface area contributed by atoms with Crippen molar-refractivity contribution in [3.63, 3.8) is 0 Å². The number of nitrogens with one attached hydrogen (secondary N) is 2. The van der Waals surface area contributed by atoms with E-state index in [0.717, 1.165) is 6.42 Å². The monoisotopic (exact) mass is 465 g/mol. The summed E-state index contributed by atoms with van der Waals surface area (Å²) < 4.78 is 56.4. The largest absolute Gasteiger partial charge is 0.474 e. The first-order valence-corrected chi connectivity index (χ1v) is 12.1. The van der Waals surface area contributed by atoms with Crippen molar-refractivity contribution in [2.24, 2.45) is 4.36 Å². The molecule has 2 heterocycles. The number of urea groups is 1. The van der Waals surface area contributed by atoms with Crippen LogP contribution in [-0.2, 0) is 41.1 Å². The second-order valence-electron chi connectivity index (χ2n) is 9.04. The smallest absolute Gasteiger partial charge is 0.354 e. The van der Waals surface area contributed by atoms with Gasteiger partial charge in [-0.15, -0.1) is 4.36 Å². The summed E-state index contributed by atoms with van der Waals surface area (Å²) in [5.74, 6) is -0.0495. The van der Waals surface area contributed by atoms with Gasteiger partial charge < -0.3 is 10.1 Å². The molecule has 0 spiro atoms. The number of alkyl halides is 1. The van der Waals surface area contributed by atoms with Crippen LogP contribution in [0.15, 0.2) is 15.5 Å². The molecule has 1 aromatic heterocycles. The highest BCUT2D eigenvalue weighted by atomic mass is 32.2. The van der Waals surface area contributed by atoms with Crippen LogP contribution in [0.4, 0.5) is 19.3 Å². The van der Waals surface area contributed by atoms with Gasteiger partial charge in [-0.3, -0.25) is 0 Å². The van der Waals surface area contributed by atoms with E-state index in [4.69, 9.17) is 4.74 Å². The fourth-order valence-corrected chi connectivity index (χ4v) is 6.11. The van der Waals surface area contributed by atoms with Crippen LogP contribution < -0.4 is 14.8 Å². The summed E-state index contributed by atoms with van der Waals surface area (Å²) >= 11 is 0. The van der Waals surface area contributed by atoms with E-state index in [1.807, 2.05) is 13.8 Å². The third-order valence-electron chi connectivity index (χ3n) is 6.41. The normalized spacial score (nSPS) is 22.0. The van der Waals surface area contributed by atoms with E-state index < -0.39 is 27.7 Å². The van der Waals surface area contributed by atoms with Crippen LogP contribution in [0.3, 0.4) is 0 Å². The van der Waals surface area contributed by atoms with Gasteiger partial charge >= 0.3 is 6.03 Å². The van der Waals surface area contributed by atoms with Crippen molar-refractivity contribution in [2.45, 2.75) is 62.6 Å². The van der Waals surface area contributed by atoms with Crippen molar-refractivity contribution in [1.29, 1.82) is 0 Å². The molecule has 172 valence electrons. The lowest BCUT2D eigenvalue weighted by atomic mass is 9.98. The Morgan fingerprint density at radius 2 is 2.00 bits per heavy atom. The quantitative estimate of drug-likeness (QED) is 0.727. The average molecular weight is 466 g/mol. The zero-order valence-corrected chi connectivity index (χ0v) is 18.9. The highest BCUT2D eigenvalue weighted by Gasteiger charge is 2.38. The van der Waals surface area contributed by atoms with E-state index in [-0.39, 0.29) is 23.6 Å². The predicted octanol–water partition coefficient (Wildman–Crippen LogP) is 3.27. The van der Waals surface area contributed by atoms with Crippen molar-refractivity contribution in [3.05, 3.63) is 34.3 Å². The van der Waals surface area contributed by atoms with Crippen molar-refractivity contribution in [2.75, 3.05) is 19.0 Å². The summed E-state index contributed by atoms with van der Waals surface area (Å²) in [6.45, 7) is 4.21. The minimum atomic E-state index is -3.40. The van der Waals surface area contributed by atoms with Gasteiger partial charge in [0.1, 0.15) is 23.5 Å². The molecular formula is C21H25F2N5O3S. The van der Waals surface area contributed by atoms with Gasteiger partial charge in [-0.05, 0) is 62.4 Å². The highest BCUT2D eigenvalue weighted by molar-refractivity contribution is 7.92. The van der Waals surface area contributed by atoms with Gasteiger partial charge in [0.15, 0.2) is 9.92 Å². The van der Waals surface area contributed by atoms with E-state index in [1.165, 1.54) is 13.2 Å². The molecule has 2 aliphatic carbocycles. The second-order valence-corrected chi connectivity index (χ2v) is 11.1. The molecule has 32 heavy (non-hydrogen) atoms. The highest BCUT2D eigenvalue weighted by Crippen LogP contribution is 2.42. The number of rotatable bonds is 3. The maximum absolute atomic E-state index is 14.9. The van der Waals surface area contributed by atoms with Crippen molar-refractivity contribution >= 4 is 21.6 Å². The lowest BCUT2D eigenvalue weighted by molar-refractivity contribution is 0.259. The van der Waals surface area contributed by atoms with Crippen LogP contribution in [-0.4, -0.2) is 39.8 Å². The number of anilines is 1. The Morgan fingerprint density at radius 3 is 2.75 bits per heavy atom. The second kappa shape index (κ2) is 7.24. The summed E-state index contributed by atoms with van der Waals surface area (Å²) in [4.78, 5) is 13.1. The third kappa shape index (κ3) is 3.13. The molecule has 3 aliphatic rings. The van der Waals surface area contributed by atoms with Crippen LogP contribution in [0.5, 0.6) is 5.88 Å². The molecule has 0 saturated carbocycles. The van der Waals surface area contributed by atoms with E-state index in [9.17, 15) is 17.8 Å². The zero-order valence-electron chi connectivity index (χ0n) is 18.1. The number of fused-ring (bicyclic) bond motifs is 3. The van der Waals surface area contributed by atoms with Crippen molar-refractivity contribution in [1.82, 2.24) is 14.5 Å². The SMILES string of the molecule is CNS(=O)(=NC(=O)Nc1c2c(c(F)c3c1C[C@H](F)C3)CCC2)c1cnn2c1OCC2(C)C. The first-order chi connectivity index (χ1) is 15.1. The number of hydrogen-bond acceptors (Lipinski definition) is 4. The van der Waals surface area contributed by atoms with Gasteiger partial charge in [0.2, 0.25) is 5.88 Å². The lowest BCUT2D eigenvalue weighted by Gasteiger charge is -2.16. The van der Waals surface area contributed by atoms with E-state index in [1.54, 1.807) is 4.68 Å². The topological polar surface area (TPSA) is 97.6 Å². The molecule has 1 unspecified atom stereocenters. The molecule has 2 N–H and O–H groups in total. The molecule has 0 saturated heterocycles. The minimum Gasteiger partial charge on any atom is -0.474 e. The van der Waals surface area contributed by atoms with Crippen LogP contribution in [0, 0.1) is 5.82 Å². The fraction of sp³-hybridized carbons (Fsp3) is 0.524. The average Bonchev–Trinajstić information content (AvgIpc) is 3.50. The van der Waals surface area contributed by atoms with Gasteiger partial charge in [-0.1, -0.05) is 0 Å². The number of hydrogen-bond donors (Lipinski definition) is 2. The molecule has 5 rings (SSSR count). The van der Waals surface area contributed by atoms with E-state index >= 15 is 0 Å². The van der Waals surface area contributed by atoms with Crippen molar-refractivity contribution in [3.8, 4) is 5.88 Å². The number of nitrogens with zero attached hydrogens (tertiary/aromatic N) is 3. The van der Waals surface area contributed by atoms with Crippen LogP contribution in [0.1, 0.15) is 42.5 Å². The van der Waals surface area contributed by atoms with Crippen LogP contribution >= 0.6 is 0 Å². The number of carbonyl (C=O) groups is 1. The number of amides is 2.